The van der Waals surface area contributed by atoms with Gasteiger partial charge in [-0.05, 0) is 48.9 Å². The molecule has 8 heteroatoms. The molecule has 1 saturated heterocycles. The van der Waals surface area contributed by atoms with Gasteiger partial charge >= 0.3 is 0 Å². The van der Waals surface area contributed by atoms with Crippen molar-refractivity contribution in [2.75, 3.05) is 44.7 Å². The second-order valence-electron chi connectivity index (χ2n) is 7.10. The van der Waals surface area contributed by atoms with Crippen molar-refractivity contribution in [1.82, 2.24) is 9.21 Å². The third-order valence-corrected chi connectivity index (χ3v) is 6.87. The van der Waals surface area contributed by atoms with Crippen molar-refractivity contribution in [1.29, 1.82) is 5.26 Å². The highest BCUT2D eigenvalue weighted by Crippen LogP contribution is 2.19. The molecule has 0 aliphatic carbocycles. The SMILES string of the molecule is Cc1cccc(N2CCN(C(=O)CN(C)S(=O)(=O)c3ccc(C#N)cc3)CC2)c1. The molecule has 1 aliphatic heterocycles. The van der Waals surface area contributed by atoms with E-state index in [2.05, 4.69) is 17.0 Å². The van der Waals surface area contributed by atoms with E-state index in [1.165, 1.54) is 36.9 Å². The normalized spacial score (nSPS) is 14.7. The number of benzene rings is 2. The van der Waals surface area contributed by atoms with Crippen LogP contribution in [0.1, 0.15) is 11.1 Å². The molecule has 0 saturated carbocycles. The van der Waals surface area contributed by atoms with Crippen molar-refractivity contribution >= 4 is 21.6 Å². The Labute approximate surface area is 171 Å². The van der Waals surface area contributed by atoms with Crippen LogP contribution in [0.25, 0.3) is 0 Å². The number of anilines is 1. The van der Waals surface area contributed by atoms with Crippen molar-refractivity contribution < 1.29 is 13.2 Å². The number of amides is 1. The van der Waals surface area contributed by atoms with Gasteiger partial charge in [-0.15, -0.1) is 0 Å². The molecule has 0 atom stereocenters. The van der Waals surface area contributed by atoms with Crippen molar-refractivity contribution in [3.8, 4) is 6.07 Å². The van der Waals surface area contributed by atoms with E-state index < -0.39 is 10.0 Å². The lowest BCUT2D eigenvalue weighted by Crippen LogP contribution is -2.51. The molecule has 0 radical (unpaired) electrons. The molecule has 1 fully saturated rings. The first-order valence-corrected chi connectivity index (χ1v) is 10.8. The lowest BCUT2D eigenvalue weighted by Gasteiger charge is -2.36. The van der Waals surface area contributed by atoms with E-state index in [0.29, 0.717) is 31.7 Å². The third kappa shape index (κ3) is 4.75. The number of nitrogens with zero attached hydrogens (tertiary/aromatic N) is 4. The van der Waals surface area contributed by atoms with Crippen LogP contribution in [0.3, 0.4) is 0 Å². The van der Waals surface area contributed by atoms with Gasteiger partial charge < -0.3 is 9.80 Å². The number of hydrogen-bond acceptors (Lipinski definition) is 5. The Bertz CT molecular complexity index is 1020. The van der Waals surface area contributed by atoms with Gasteiger partial charge in [0.05, 0.1) is 23.1 Å². The smallest absolute Gasteiger partial charge is 0.243 e. The lowest BCUT2D eigenvalue weighted by molar-refractivity contribution is -0.131. The number of rotatable bonds is 5. The molecular weight excluding hydrogens is 388 g/mol. The van der Waals surface area contributed by atoms with Gasteiger partial charge in [-0.2, -0.15) is 9.57 Å². The number of carbonyl (C=O) groups excluding carboxylic acids is 1. The van der Waals surface area contributed by atoms with Crippen LogP contribution < -0.4 is 4.90 Å². The molecule has 0 spiro atoms. The Hall–Kier alpha value is -2.89. The zero-order valence-corrected chi connectivity index (χ0v) is 17.4. The average molecular weight is 413 g/mol. The minimum absolute atomic E-state index is 0.0658. The lowest BCUT2D eigenvalue weighted by atomic mass is 10.2. The maximum absolute atomic E-state index is 12.7. The van der Waals surface area contributed by atoms with Gasteiger partial charge in [0.25, 0.3) is 0 Å². The molecule has 1 aliphatic rings. The number of likely N-dealkylation sites (N-methyl/N-ethyl adjacent to an activating group) is 1. The molecular formula is C21H24N4O3S. The summed E-state index contributed by atoms with van der Waals surface area (Å²) in [6, 6.07) is 15.9. The Morgan fingerprint density at radius 3 is 2.34 bits per heavy atom. The zero-order chi connectivity index (χ0) is 21.0. The summed E-state index contributed by atoms with van der Waals surface area (Å²) in [5.74, 6) is -0.214. The number of sulfonamides is 1. The second-order valence-corrected chi connectivity index (χ2v) is 9.15. The predicted molar refractivity (Wildman–Crippen MR) is 111 cm³/mol. The molecule has 2 aromatic carbocycles. The third-order valence-electron chi connectivity index (χ3n) is 5.05. The van der Waals surface area contributed by atoms with E-state index in [0.717, 1.165) is 9.99 Å². The van der Waals surface area contributed by atoms with Crippen LogP contribution in [0.4, 0.5) is 5.69 Å². The quantitative estimate of drug-likeness (QED) is 0.748. The fourth-order valence-electron chi connectivity index (χ4n) is 3.30. The van der Waals surface area contributed by atoms with Crippen LogP contribution >= 0.6 is 0 Å². The maximum atomic E-state index is 12.7. The molecule has 0 N–H and O–H groups in total. The minimum atomic E-state index is -3.79. The summed E-state index contributed by atoms with van der Waals surface area (Å²) in [5.41, 5.74) is 2.71. The average Bonchev–Trinajstić information content (AvgIpc) is 2.73. The first-order valence-electron chi connectivity index (χ1n) is 9.37. The van der Waals surface area contributed by atoms with Crippen LogP contribution in [0.2, 0.25) is 0 Å². The number of hydrogen-bond donors (Lipinski definition) is 0. The second kappa shape index (κ2) is 8.64. The van der Waals surface area contributed by atoms with E-state index in [1.54, 1.807) is 4.90 Å². The summed E-state index contributed by atoms with van der Waals surface area (Å²) in [6.07, 6.45) is 0. The first-order chi connectivity index (χ1) is 13.8. The molecule has 152 valence electrons. The zero-order valence-electron chi connectivity index (χ0n) is 16.6. The molecule has 1 heterocycles. The van der Waals surface area contributed by atoms with Crippen LogP contribution in [-0.4, -0.2) is 63.3 Å². The van der Waals surface area contributed by atoms with Crippen LogP contribution in [0, 0.1) is 18.3 Å². The number of nitriles is 1. The summed E-state index contributed by atoms with van der Waals surface area (Å²) in [4.78, 5) is 16.6. The summed E-state index contributed by atoms with van der Waals surface area (Å²) in [6.45, 7) is 4.36. The molecule has 3 rings (SSSR count). The molecule has 0 bridgehead atoms. The van der Waals surface area contributed by atoms with Crippen molar-refractivity contribution in [2.24, 2.45) is 0 Å². The summed E-state index contributed by atoms with van der Waals surface area (Å²) < 4.78 is 26.4. The highest BCUT2D eigenvalue weighted by molar-refractivity contribution is 7.89. The van der Waals surface area contributed by atoms with E-state index in [4.69, 9.17) is 5.26 Å². The Morgan fingerprint density at radius 1 is 1.10 bits per heavy atom. The standard InChI is InChI=1S/C21H24N4O3S/c1-17-4-3-5-19(14-17)24-10-12-25(13-11-24)21(26)16-23(2)29(27,28)20-8-6-18(15-22)7-9-20/h3-9,14H,10-13,16H2,1-2H3. The summed E-state index contributed by atoms with van der Waals surface area (Å²) in [7, 11) is -2.39. The highest BCUT2D eigenvalue weighted by atomic mass is 32.2. The summed E-state index contributed by atoms with van der Waals surface area (Å²) >= 11 is 0. The number of carbonyl (C=O) groups is 1. The van der Waals surface area contributed by atoms with Crippen LogP contribution in [0.15, 0.2) is 53.4 Å². The molecule has 7 nitrogen and oxygen atoms in total. The van der Waals surface area contributed by atoms with E-state index in [-0.39, 0.29) is 17.3 Å². The van der Waals surface area contributed by atoms with Crippen LogP contribution in [0.5, 0.6) is 0 Å². The highest BCUT2D eigenvalue weighted by Gasteiger charge is 2.27. The van der Waals surface area contributed by atoms with Gasteiger partial charge in [-0.25, -0.2) is 8.42 Å². The molecule has 29 heavy (non-hydrogen) atoms. The van der Waals surface area contributed by atoms with Gasteiger partial charge in [0.2, 0.25) is 15.9 Å². The topological polar surface area (TPSA) is 84.7 Å². The first kappa shape index (κ1) is 20.8. The minimum Gasteiger partial charge on any atom is -0.368 e. The van der Waals surface area contributed by atoms with E-state index in [1.807, 2.05) is 25.1 Å². The fraction of sp³-hybridized carbons (Fsp3) is 0.333. The van der Waals surface area contributed by atoms with Crippen molar-refractivity contribution in [3.63, 3.8) is 0 Å². The van der Waals surface area contributed by atoms with Gasteiger partial charge in [-0.3, -0.25) is 4.79 Å². The van der Waals surface area contributed by atoms with Gasteiger partial charge in [0.1, 0.15) is 0 Å². The number of piperazine rings is 1. The Morgan fingerprint density at radius 2 is 1.76 bits per heavy atom. The predicted octanol–water partition coefficient (Wildman–Crippen LogP) is 1.84. The fourth-order valence-corrected chi connectivity index (χ4v) is 4.42. The van der Waals surface area contributed by atoms with Crippen molar-refractivity contribution in [3.05, 3.63) is 59.7 Å². The van der Waals surface area contributed by atoms with Gasteiger partial charge in [-0.1, -0.05) is 12.1 Å². The Kier molecular flexibility index (Phi) is 6.20. The monoisotopic (exact) mass is 412 g/mol. The molecule has 2 aromatic rings. The van der Waals surface area contributed by atoms with E-state index in [9.17, 15) is 13.2 Å². The van der Waals surface area contributed by atoms with Crippen molar-refractivity contribution in [2.45, 2.75) is 11.8 Å². The maximum Gasteiger partial charge on any atom is 0.243 e. The van der Waals surface area contributed by atoms with Gasteiger partial charge in [0.15, 0.2) is 0 Å². The molecule has 1 amide bonds. The van der Waals surface area contributed by atoms with Crippen LogP contribution in [-0.2, 0) is 14.8 Å². The molecule has 0 unspecified atom stereocenters. The van der Waals surface area contributed by atoms with E-state index >= 15 is 0 Å². The summed E-state index contributed by atoms with van der Waals surface area (Å²) in [5, 5.41) is 8.85. The molecule has 0 aromatic heterocycles. The van der Waals surface area contributed by atoms with Gasteiger partial charge in [0, 0.05) is 38.9 Å². The largest absolute Gasteiger partial charge is 0.368 e. The Balaban J connectivity index is 1.59. The number of aryl methyl sites for hydroxylation is 1.